The quantitative estimate of drug-likeness (QED) is 0.156. The maximum absolute atomic E-state index is 13.4. The van der Waals surface area contributed by atoms with Gasteiger partial charge in [0.05, 0.1) is 5.39 Å². The molecule has 1 fully saturated rings. The predicted octanol–water partition coefficient (Wildman–Crippen LogP) is 8.87. The number of anilines is 1. The lowest BCUT2D eigenvalue weighted by atomic mass is 9.93. The van der Waals surface area contributed by atoms with Crippen LogP contribution < -0.4 is 19.8 Å². The molecule has 0 amide bonds. The van der Waals surface area contributed by atoms with Crippen molar-refractivity contribution in [3.63, 3.8) is 0 Å². The van der Waals surface area contributed by atoms with Gasteiger partial charge in [-0.1, -0.05) is 91.0 Å². The van der Waals surface area contributed by atoms with Crippen LogP contribution in [0.15, 0.2) is 143 Å². The molecule has 0 spiro atoms. The van der Waals surface area contributed by atoms with Crippen LogP contribution in [-0.2, 0) is 12.3 Å². The van der Waals surface area contributed by atoms with E-state index in [1.807, 2.05) is 72.8 Å². The molecule has 1 saturated heterocycles. The van der Waals surface area contributed by atoms with Crippen LogP contribution in [0.4, 0.5) is 5.69 Å². The van der Waals surface area contributed by atoms with Crippen LogP contribution in [0.1, 0.15) is 36.0 Å². The molecule has 49 heavy (non-hydrogen) atoms. The van der Waals surface area contributed by atoms with Gasteiger partial charge in [-0.25, -0.2) is 0 Å². The molecule has 0 unspecified atom stereocenters. The number of nitrogens with zero attached hydrogens (tertiary/aromatic N) is 2. The van der Waals surface area contributed by atoms with E-state index in [-0.39, 0.29) is 5.43 Å². The first-order valence-electron chi connectivity index (χ1n) is 17.2. The second-order valence-electron chi connectivity index (χ2n) is 13.3. The van der Waals surface area contributed by atoms with Crippen molar-refractivity contribution in [1.29, 1.82) is 0 Å². The van der Waals surface area contributed by atoms with Crippen LogP contribution in [-0.4, -0.2) is 31.6 Å². The van der Waals surface area contributed by atoms with Gasteiger partial charge in [0.2, 0.25) is 5.75 Å². The second-order valence-corrected chi connectivity index (χ2v) is 13.3. The zero-order valence-corrected chi connectivity index (χ0v) is 27.8. The van der Waals surface area contributed by atoms with Crippen LogP contribution in [0.5, 0.6) is 11.5 Å². The van der Waals surface area contributed by atoms with Crippen LogP contribution in [0.2, 0.25) is 0 Å². The van der Waals surface area contributed by atoms with Crippen molar-refractivity contribution >= 4 is 16.7 Å². The maximum Gasteiger partial charge on any atom is 0.305 e. The minimum Gasteiger partial charge on any atom is -0.452 e. The minimum atomic E-state index is -1.21. The van der Waals surface area contributed by atoms with Gasteiger partial charge in [-0.2, -0.15) is 0 Å². The summed E-state index contributed by atoms with van der Waals surface area (Å²) in [6, 6.07) is 43.8. The summed E-state index contributed by atoms with van der Waals surface area (Å²) in [5.41, 5.74) is 5.30. The summed E-state index contributed by atoms with van der Waals surface area (Å²) in [7, 11) is 2.15. The van der Waals surface area contributed by atoms with Gasteiger partial charge in [-0.05, 0) is 80.2 Å². The molecule has 6 aromatic rings. The van der Waals surface area contributed by atoms with Crippen LogP contribution in [0.3, 0.4) is 0 Å². The Morgan fingerprint density at radius 3 is 2.04 bits per heavy atom. The van der Waals surface area contributed by atoms with Crippen molar-refractivity contribution in [2.24, 2.45) is 5.92 Å². The molecule has 1 aromatic heterocycles. The third kappa shape index (κ3) is 6.20. The average Bonchev–Trinajstić information content (AvgIpc) is 3.57. The van der Waals surface area contributed by atoms with Crippen LogP contribution in [0.25, 0.3) is 22.3 Å². The van der Waals surface area contributed by atoms with Crippen molar-refractivity contribution in [1.82, 2.24) is 4.90 Å². The first-order valence-corrected chi connectivity index (χ1v) is 17.2. The molecule has 0 atom stereocenters. The number of hydrogen-bond acceptors (Lipinski definition) is 6. The van der Waals surface area contributed by atoms with Crippen molar-refractivity contribution in [2.75, 3.05) is 31.6 Å². The standard InChI is InChI=1S/C43H40N2O4/c1-44(26-23-31-24-27-45(28-25-31)30-32-11-5-2-6-12-32)36-19-17-33(18-20-36)40-29-38(46)37-21-22-39-42(41(37)47-40)49-43(48-39,34-13-7-3-8-14-34)35-15-9-4-10-16-35/h2-22,29,31H,23-28,30H2,1H3. The fourth-order valence-corrected chi connectivity index (χ4v) is 7.19. The SMILES string of the molecule is CN(CCC1CCN(Cc2ccccc2)CC1)c1ccc(-c2cc(=O)c3ccc4c(c3o2)OC(c2ccccc2)(c2ccccc2)O4)cc1. The topological polar surface area (TPSA) is 55.2 Å². The highest BCUT2D eigenvalue weighted by atomic mass is 16.7. The average molecular weight is 649 g/mol. The molecule has 246 valence electrons. The minimum absolute atomic E-state index is 0.129. The predicted molar refractivity (Wildman–Crippen MR) is 195 cm³/mol. The van der Waals surface area contributed by atoms with E-state index in [1.54, 1.807) is 18.2 Å². The van der Waals surface area contributed by atoms with Crippen LogP contribution in [0, 0.1) is 5.92 Å². The Morgan fingerprint density at radius 1 is 0.755 bits per heavy atom. The Kier molecular flexibility index (Phi) is 8.40. The third-order valence-corrected chi connectivity index (χ3v) is 10.0. The van der Waals surface area contributed by atoms with Gasteiger partial charge in [0.1, 0.15) is 5.76 Å². The first-order chi connectivity index (χ1) is 24.1. The number of benzene rings is 5. The highest BCUT2D eigenvalue weighted by Crippen LogP contribution is 2.50. The molecule has 6 nitrogen and oxygen atoms in total. The lowest BCUT2D eigenvalue weighted by molar-refractivity contribution is -0.0456. The molecule has 0 bridgehead atoms. The molecule has 8 rings (SSSR count). The second kappa shape index (κ2) is 13.3. The summed E-state index contributed by atoms with van der Waals surface area (Å²) >= 11 is 0. The van der Waals surface area contributed by atoms with E-state index < -0.39 is 5.79 Å². The normalized spacial score (nSPS) is 15.8. The lowest BCUT2D eigenvalue weighted by Crippen LogP contribution is -2.36. The van der Waals surface area contributed by atoms with E-state index in [1.165, 1.54) is 24.8 Å². The molecule has 0 saturated carbocycles. The molecule has 0 radical (unpaired) electrons. The maximum atomic E-state index is 13.4. The summed E-state index contributed by atoms with van der Waals surface area (Å²) in [5, 5.41) is 0.449. The molecule has 2 aliphatic heterocycles. The van der Waals surface area contributed by atoms with Crippen molar-refractivity contribution in [3.8, 4) is 22.8 Å². The summed E-state index contributed by atoms with van der Waals surface area (Å²) in [5.74, 6) is 0.976. The lowest BCUT2D eigenvalue weighted by Gasteiger charge is -2.33. The van der Waals surface area contributed by atoms with E-state index in [9.17, 15) is 4.79 Å². The number of fused-ring (bicyclic) bond motifs is 3. The van der Waals surface area contributed by atoms with Crippen molar-refractivity contribution in [3.05, 3.63) is 160 Å². The molecular formula is C43H40N2O4. The van der Waals surface area contributed by atoms with E-state index in [2.05, 4.69) is 59.3 Å². The van der Waals surface area contributed by atoms with Crippen molar-refractivity contribution in [2.45, 2.75) is 31.6 Å². The summed E-state index contributed by atoms with van der Waals surface area (Å²) in [6.07, 6.45) is 3.67. The fourth-order valence-electron chi connectivity index (χ4n) is 7.19. The number of ether oxygens (including phenoxy) is 2. The van der Waals surface area contributed by atoms with Gasteiger partial charge in [0, 0.05) is 48.6 Å². The Bertz CT molecular complexity index is 2050. The van der Waals surface area contributed by atoms with Gasteiger partial charge in [0.25, 0.3) is 0 Å². The van der Waals surface area contributed by atoms with E-state index in [0.717, 1.165) is 54.5 Å². The van der Waals surface area contributed by atoms with E-state index >= 15 is 0 Å². The largest absolute Gasteiger partial charge is 0.452 e. The Morgan fingerprint density at radius 2 is 1.39 bits per heavy atom. The Hall–Kier alpha value is -5.33. The van der Waals surface area contributed by atoms with E-state index in [4.69, 9.17) is 13.9 Å². The Labute approximate surface area is 287 Å². The van der Waals surface area contributed by atoms with Gasteiger partial charge in [0.15, 0.2) is 16.8 Å². The van der Waals surface area contributed by atoms with Gasteiger partial charge in [-0.3, -0.25) is 9.69 Å². The molecule has 5 aromatic carbocycles. The molecule has 3 heterocycles. The summed E-state index contributed by atoms with van der Waals surface area (Å²) in [6.45, 7) is 4.37. The first kappa shape index (κ1) is 31.0. The van der Waals surface area contributed by atoms with Gasteiger partial charge >= 0.3 is 5.79 Å². The zero-order chi connectivity index (χ0) is 33.2. The van der Waals surface area contributed by atoms with E-state index in [0.29, 0.717) is 28.2 Å². The summed E-state index contributed by atoms with van der Waals surface area (Å²) in [4.78, 5) is 18.3. The zero-order valence-electron chi connectivity index (χ0n) is 27.8. The van der Waals surface area contributed by atoms with Gasteiger partial charge in [-0.15, -0.1) is 0 Å². The highest BCUT2D eigenvalue weighted by molar-refractivity contribution is 5.87. The smallest absolute Gasteiger partial charge is 0.305 e. The molecule has 0 N–H and O–H groups in total. The molecule has 6 heteroatoms. The fraction of sp³-hybridized carbons (Fsp3) is 0.233. The van der Waals surface area contributed by atoms with Gasteiger partial charge < -0.3 is 18.8 Å². The molecule has 0 aliphatic carbocycles. The Balaban J connectivity index is 0.980. The summed E-state index contributed by atoms with van der Waals surface area (Å²) < 4.78 is 19.8. The third-order valence-electron chi connectivity index (χ3n) is 10.0. The number of piperidine rings is 1. The monoisotopic (exact) mass is 648 g/mol. The number of hydrogen-bond donors (Lipinski definition) is 0. The number of likely N-dealkylation sites (tertiary alicyclic amines) is 1. The van der Waals surface area contributed by atoms with Crippen molar-refractivity contribution < 1.29 is 13.9 Å². The molecule has 2 aliphatic rings. The number of rotatable bonds is 9. The molecular weight excluding hydrogens is 608 g/mol. The highest BCUT2D eigenvalue weighted by Gasteiger charge is 2.46. The van der Waals surface area contributed by atoms with Crippen LogP contribution >= 0.6 is 0 Å².